The summed E-state index contributed by atoms with van der Waals surface area (Å²) in [5.74, 6) is 0.629. The smallest absolute Gasteiger partial charge is 0.226 e. The molecule has 1 amide bonds. The van der Waals surface area contributed by atoms with E-state index in [9.17, 15) is 4.79 Å². The minimum Gasteiger partial charge on any atom is -0.338 e. The van der Waals surface area contributed by atoms with E-state index in [0.717, 1.165) is 31.5 Å². The molecule has 2 aliphatic rings. The van der Waals surface area contributed by atoms with E-state index in [1.165, 1.54) is 12.8 Å². The van der Waals surface area contributed by atoms with Crippen LogP contribution >= 0.6 is 0 Å². The van der Waals surface area contributed by atoms with Crippen molar-refractivity contribution >= 4 is 5.91 Å². The number of aromatic nitrogens is 3. The zero-order valence-corrected chi connectivity index (χ0v) is 13.3. The number of amides is 1. The highest BCUT2D eigenvalue weighted by Gasteiger charge is 2.66. The van der Waals surface area contributed by atoms with Crippen molar-refractivity contribution < 1.29 is 4.79 Å². The molecule has 2 heterocycles. The molecule has 2 saturated carbocycles. The average Bonchev–Trinajstić information content (AvgIpc) is 3.45. The normalized spacial score (nSPS) is 20.4. The first-order chi connectivity index (χ1) is 11.3. The maximum absolute atomic E-state index is 12.8. The van der Waals surface area contributed by atoms with E-state index in [0.29, 0.717) is 17.9 Å². The van der Waals surface area contributed by atoms with Crippen molar-refractivity contribution in [1.82, 2.24) is 19.4 Å². The van der Waals surface area contributed by atoms with Crippen LogP contribution in [0.3, 0.4) is 0 Å². The Kier molecular flexibility index (Phi) is 3.63. The van der Waals surface area contributed by atoms with Gasteiger partial charge >= 0.3 is 0 Å². The summed E-state index contributed by atoms with van der Waals surface area (Å²) >= 11 is 0. The molecule has 2 aliphatic carbocycles. The number of imidazole rings is 1. The van der Waals surface area contributed by atoms with E-state index in [4.69, 9.17) is 0 Å². The van der Waals surface area contributed by atoms with Gasteiger partial charge in [0.25, 0.3) is 0 Å². The molecule has 1 atom stereocenters. The van der Waals surface area contributed by atoms with Crippen LogP contribution in [0.4, 0.5) is 0 Å². The predicted molar refractivity (Wildman–Crippen MR) is 86.3 cm³/mol. The Labute approximate surface area is 136 Å². The average molecular weight is 310 g/mol. The highest BCUT2D eigenvalue weighted by atomic mass is 16.2. The summed E-state index contributed by atoms with van der Waals surface area (Å²) < 4.78 is 2.06. The lowest BCUT2D eigenvalue weighted by molar-refractivity contribution is -0.133. The van der Waals surface area contributed by atoms with Gasteiger partial charge in [-0.05, 0) is 42.7 Å². The summed E-state index contributed by atoms with van der Waals surface area (Å²) in [6, 6.07) is 3.98. The molecule has 120 valence electrons. The largest absolute Gasteiger partial charge is 0.338 e. The third-order valence-corrected chi connectivity index (χ3v) is 5.19. The summed E-state index contributed by atoms with van der Waals surface area (Å²) in [5, 5.41) is 0. The molecule has 5 heteroatoms. The Bertz CT molecular complexity index is 664. The van der Waals surface area contributed by atoms with Crippen LogP contribution in [0, 0.1) is 11.3 Å². The van der Waals surface area contributed by atoms with Gasteiger partial charge in [-0.25, -0.2) is 4.98 Å². The van der Waals surface area contributed by atoms with Crippen molar-refractivity contribution in [2.75, 3.05) is 6.54 Å². The fourth-order valence-electron chi connectivity index (χ4n) is 3.47. The van der Waals surface area contributed by atoms with Crippen molar-refractivity contribution in [3.8, 4) is 0 Å². The number of hydrogen-bond donors (Lipinski definition) is 0. The standard InChI is InChI=1S/C18H22N4O/c23-17(16-11-18(16)4-5-18)22(13-15-3-1-6-19-12-15)9-2-8-21-10-7-20-14-21/h1,3,6-7,10,12,14,16H,2,4-5,8-9,11,13H2/t16-/m1/s1. The molecule has 0 bridgehead atoms. The van der Waals surface area contributed by atoms with Gasteiger partial charge in [-0.1, -0.05) is 6.07 Å². The summed E-state index contributed by atoms with van der Waals surface area (Å²) in [6.45, 7) is 2.36. The SMILES string of the molecule is O=C([C@H]1CC12CC2)N(CCCn1ccnc1)Cc1cccnc1. The Morgan fingerprint density at radius 1 is 1.35 bits per heavy atom. The van der Waals surface area contributed by atoms with Gasteiger partial charge in [0.2, 0.25) is 5.91 Å². The van der Waals surface area contributed by atoms with Crippen molar-refractivity contribution in [3.63, 3.8) is 0 Å². The van der Waals surface area contributed by atoms with Crippen LogP contribution in [0.2, 0.25) is 0 Å². The minimum absolute atomic E-state index is 0.285. The van der Waals surface area contributed by atoms with Gasteiger partial charge in [-0.15, -0.1) is 0 Å². The van der Waals surface area contributed by atoms with Crippen LogP contribution in [-0.4, -0.2) is 31.9 Å². The van der Waals surface area contributed by atoms with Gasteiger partial charge in [0, 0.05) is 50.3 Å². The number of nitrogens with zero attached hydrogens (tertiary/aromatic N) is 4. The van der Waals surface area contributed by atoms with E-state index < -0.39 is 0 Å². The fraction of sp³-hybridized carbons (Fsp3) is 0.500. The van der Waals surface area contributed by atoms with Crippen molar-refractivity contribution in [3.05, 3.63) is 48.8 Å². The molecule has 2 fully saturated rings. The third kappa shape index (κ3) is 3.14. The highest BCUT2D eigenvalue weighted by molar-refractivity contribution is 5.83. The van der Waals surface area contributed by atoms with Crippen LogP contribution in [0.1, 0.15) is 31.2 Å². The molecule has 0 saturated heterocycles. The summed E-state index contributed by atoms with van der Waals surface area (Å²) in [4.78, 5) is 23.1. The maximum atomic E-state index is 12.8. The van der Waals surface area contributed by atoms with E-state index in [-0.39, 0.29) is 5.92 Å². The Balaban J connectivity index is 1.39. The molecular formula is C18H22N4O. The molecule has 0 aliphatic heterocycles. The Morgan fingerprint density at radius 3 is 2.91 bits per heavy atom. The second-order valence-electron chi connectivity index (χ2n) is 6.89. The first-order valence-electron chi connectivity index (χ1n) is 8.40. The minimum atomic E-state index is 0.285. The first-order valence-corrected chi connectivity index (χ1v) is 8.40. The second kappa shape index (κ2) is 5.80. The molecule has 5 nitrogen and oxygen atoms in total. The topological polar surface area (TPSA) is 51.0 Å². The molecule has 2 aromatic heterocycles. The molecule has 0 N–H and O–H groups in total. The van der Waals surface area contributed by atoms with Crippen LogP contribution < -0.4 is 0 Å². The molecule has 0 radical (unpaired) electrons. The number of hydrogen-bond acceptors (Lipinski definition) is 3. The van der Waals surface area contributed by atoms with Crippen molar-refractivity contribution in [2.45, 2.75) is 38.8 Å². The zero-order chi connectivity index (χ0) is 15.7. The quantitative estimate of drug-likeness (QED) is 0.789. The monoisotopic (exact) mass is 310 g/mol. The molecule has 23 heavy (non-hydrogen) atoms. The zero-order valence-electron chi connectivity index (χ0n) is 13.3. The number of pyridine rings is 1. The van der Waals surface area contributed by atoms with E-state index in [2.05, 4.69) is 14.5 Å². The van der Waals surface area contributed by atoms with Gasteiger partial charge < -0.3 is 9.47 Å². The van der Waals surface area contributed by atoms with Crippen LogP contribution in [0.25, 0.3) is 0 Å². The van der Waals surface area contributed by atoms with Gasteiger partial charge in [-0.3, -0.25) is 9.78 Å². The van der Waals surface area contributed by atoms with Crippen LogP contribution in [-0.2, 0) is 17.9 Å². The second-order valence-corrected chi connectivity index (χ2v) is 6.89. The van der Waals surface area contributed by atoms with Gasteiger partial charge in [0.15, 0.2) is 0 Å². The molecule has 4 rings (SSSR count). The number of aryl methyl sites for hydroxylation is 1. The molecule has 0 unspecified atom stereocenters. The molecule has 1 spiro atoms. The van der Waals surface area contributed by atoms with Crippen molar-refractivity contribution in [2.24, 2.45) is 11.3 Å². The van der Waals surface area contributed by atoms with Gasteiger partial charge in [0.1, 0.15) is 0 Å². The van der Waals surface area contributed by atoms with Crippen molar-refractivity contribution in [1.29, 1.82) is 0 Å². The summed E-state index contributed by atoms with van der Waals surface area (Å²) in [7, 11) is 0. The predicted octanol–water partition coefficient (Wildman–Crippen LogP) is 2.50. The Hall–Kier alpha value is -2.17. The molecule has 0 aromatic carbocycles. The van der Waals surface area contributed by atoms with E-state index in [1.807, 2.05) is 35.8 Å². The lowest BCUT2D eigenvalue weighted by Crippen LogP contribution is -2.33. The van der Waals surface area contributed by atoms with E-state index >= 15 is 0 Å². The van der Waals surface area contributed by atoms with Gasteiger partial charge in [0.05, 0.1) is 6.33 Å². The van der Waals surface area contributed by atoms with Crippen LogP contribution in [0.5, 0.6) is 0 Å². The third-order valence-electron chi connectivity index (χ3n) is 5.19. The first kappa shape index (κ1) is 14.4. The summed E-state index contributed by atoms with van der Waals surface area (Å²) in [5.41, 5.74) is 1.52. The fourth-order valence-corrected chi connectivity index (χ4v) is 3.47. The summed E-state index contributed by atoms with van der Waals surface area (Å²) in [6.07, 6.45) is 13.8. The number of carbonyl (C=O) groups is 1. The van der Waals surface area contributed by atoms with E-state index in [1.54, 1.807) is 12.4 Å². The van der Waals surface area contributed by atoms with Crippen LogP contribution in [0.15, 0.2) is 43.2 Å². The lowest BCUT2D eigenvalue weighted by Gasteiger charge is -2.23. The molecular weight excluding hydrogens is 288 g/mol. The number of carbonyl (C=O) groups excluding carboxylic acids is 1. The Morgan fingerprint density at radius 2 is 2.26 bits per heavy atom. The number of rotatable bonds is 7. The van der Waals surface area contributed by atoms with Gasteiger partial charge in [-0.2, -0.15) is 0 Å². The maximum Gasteiger partial charge on any atom is 0.226 e. The lowest BCUT2D eigenvalue weighted by atomic mass is 10.2. The molecule has 2 aromatic rings. The highest BCUT2D eigenvalue weighted by Crippen LogP contribution is 2.71.